The van der Waals surface area contributed by atoms with Crippen molar-refractivity contribution in [1.29, 1.82) is 0 Å². The average Bonchev–Trinajstić information content (AvgIpc) is 2.89. The van der Waals surface area contributed by atoms with E-state index in [9.17, 15) is 27.9 Å². The van der Waals surface area contributed by atoms with Crippen LogP contribution in [0.2, 0.25) is 5.15 Å². The van der Waals surface area contributed by atoms with Gasteiger partial charge in [0.25, 0.3) is 5.56 Å². The number of rotatable bonds is 9. The maximum atomic E-state index is 13.9. The lowest BCUT2D eigenvalue weighted by Gasteiger charge is -2.24. The topological polar surface area (TPSA) is 84.2 Å². The third-order valence-corrected chi connectivity index (χ3v) is 6.24. The van der Waals surface area contributed by atoms with Crippen LogP contribution in [0, 0.1) is 0 Å². The van der Waals surface area contributed by atoms with E-state index in [4.69, 9.17) is 11.6 Å². The second-order valence-corrected chi connectivity index (χ2v) is 8.88. The van der Waals surface area contributed by atoms with E-state index >= 15 is 0 Å². The Morgan fingerprint density at radius 2 is 1.53 bits per heavy atom. The second-order valence-electron chi connectivity index (χ2n) is 8.52. The number of hydrogen-bond donors (Lipinski definition) is 2. The zero-order valence-corrected chi connectivity index (χ0v) is 20.7. The number of carboxylic acid groups (broad SMARTS) is 1. The second kappa shape index (κ2) is 11.5. The Balaban J connectivity index is 1.87. The van der Waals surface area contributed by atoms with Gasteiger partial charge >= 0.3 is 12.1 Å². The highest BCUT2D eigenvalue weighted by atomic mass is 35.5. The molecule has 1 atom stereocenters. The highest BCUT2D eigenvalue weighted by Gasteiger charge is 2.36. The van der Waals surface area contributed by atoms with Gasteiger partial charge in [-0.2, -0.15) is 13.2 Å². The van der Waals surface area contributed by atoms with Crippen LogP contribution in [0.1, 0.15) is 22.7 Å². The molecule has 0 aliphatic rings. The lowest BCUT2D eigenvalue weighted by Crippen LogP contribution is -2.35. The minimum atomic E-state index is -4.79. The number of nitrogens with one attached hydrogen (secondary N) is 1. The lowest BCUT2D eigenvalue weighted by atomic mass is 10.0. The number of halogens is 4. The van der Waals surface area contributed by atoms with Crippen molar-refractivity contribution < 1.29 is 23.1 Å². The Labute approximate surface area is 221 Å². The number of aromatic nitrogens is 2. The van der Waals surface area contributed by atoms with Crippen LogP contribution in [-0.2, 0) is 23.8 Å². The summed E-state index contributed by atoms with van der Waals surface area (Å²) in [4.78, 5) is 30.2. The summed E-state index contributed by atoms with van der Waals surface area (Å²) < 4.78 is 42.6. The summed E-state index contributed by atoms with van der Waals surface area (Å²) >= 11 is 6.44. The molecule has 2 N–H and O–H groups in total. The number of benzene rings is 3. The summed E-state index contributed by atoms with van der Waals surface area (Å²) in [6.45, 7) is 0.261. The highest BCUT2D eigenvalue weighted by Crippen LogP contribution is 2.39. The Morgan fingerprint density at radius 3 is 2.13 bits per heavy atom. The zero-order chi connectivity index (χ0) is 27.3. The molecule has 1 unspecified atom stereocenters. The van der Waals surface area contributed by atoms with Gasteiger partial charge in [0.2, 0.25) is 0 Å². The molecule has 0 saturated heterocycles. The van der Waals surface area contributed by atoms with Gasteiger partial charge in [0, 0.05) is 18.5 Å². The molecule has 10 heteroatoms. The molecule has 3 aromatic carbocycles. The predicted octanol–water partition coefficient (Wildman–Crippen LogP) is 6.11. The number of carbonyl (C=O) groups is 1. The molecule has 1 heterocycles. The first kappa shape index (κ1) is 26.9. The maximum Gasteiger partial charge on any atom is 0.417 e. The molecule has 196 valence electrons. The van der Waals surface area contributed by atoms with Crippen LogP contribution >= 0.6 is 11.6 Å². The molecular formula is C28H23ClF3N3O3. The van der Waals surface area contributed by atoms with Crippen molar-refractivity contribution in [3.63, 3.8) is 0 Å². The van der Waals surface area contributed by atoms with Crippen LogP contribution in [0.4, 0.5) is 19.0 Å². The molecule has 0 radical (unpaired) electrons. The molecule has 0 saturated carbocycles. The van der Waals surface area contributed by atoms with E-state index in [1.54, 1.807) is 30.3 Å². The largest absolute Gasteiger partial charge is 0.480 e. The van der Waals surface area contributed by atoms with E-state index in [1.807, 2.05) is 30.3 Å². The summed E-state index contributed by atoms with van der Waals surface area (Å²) in [5, 5.41) is 12.6. The first-order valence-electron chi connectivity index (χ1n) is 11.7. The summed E-state index contributed by atoms with van der Waals surface area (Å²) in [5.74, 6) is -1.65. The third kappa shape index (κ3) is 6.06. The monoisotopic (exact) mass is 541 g/mol. The van der Waals surface area contributed by atoms with Gasteiger partial charge in [0.15, 0.2) is 11.0 Å². The SMILES string of the molecule is O=C(O)C(Cc1ccccc1)n1c(-c2ccccc2C(F)(F)F)c(Cl)nc(NCCc2ccccc2)c1=O. The van der Waals surface area contributed by atoms with Gasteiger partial charge in [0.1, 0.15) is 6.04 Å². The lowest BCUT2D eigenvalue weighted by molar-refractivity contribution is -0.141. The maximum absolute atomic E-state index is 13.9. The Hall–Kier alpha value is -4.11. The van der Waals surface area contributed by atoms with Crippen LogP contribution in [0.5, 0.6) is 0 Å². The molecule has 6 nitrogen and oxygen atoms in total. The van der Waals surface area contributed by atoms with Gasteiger partial charge in [-0.05, 0) is 23.6 Å². The van der Waals surface area contributed by atoms with Crippen molar-refractivity contribution in [3.05, 3.63) is 117 Å². The van der Waals surface area contributed by atoms with Crippen LogP contribution in [-0.4, -0.2) is 27.2 Å². The zero-order valence-electron chi connectivity index (χ0n) is 20.0. The Bertz CT molecular complexity index is 1480. The van der Waals surface area contributed by atoms with Crippen molar-refractivity contribution in [2.24, 2.45) is 0 Å². The molecule has 4 rings (SSSR count). The number of alkyl halides is 3. The van der Waals surface area contributed by atoms with Crippen LogP contribution in [0.3, 0.4) is 0 Å². The highest BCUT2D eigenvalue weighted by molar-refractivity contribution is 6.32. The van der Waals surface area contributed by atoms with E-state index in [1.165, 1.54) is 12.1 Å². The average molecular weight is 542 g/mol. The number of carboxylic acids is 1. The van der Waals surface area contributed by atoms with E-state index in [-0.39, 0.29) is 18.8 Å². The van der Waals surface area contributed by atoms with Crippen molar-refractivity contribution in [2.75, 3.05) is 11.9 Å². The van der Waals surface area contributed by atoms with E-state index < -0.39 is 45.7 Å². The molecule has 38 heavy (non-hydrogen) atoms. The number of aliphatic carboxylic acids is 1. The predicted molar refractivity (Wildman–Crippen MR) is 139 cm³/mol. The van der Waals surface area contributed by atoms with Crippen molar-refractivity contribution >= 4 is 23.4 Å². The molecule has 0 fully saturated rings. The minimum Gasteiger partial charge on any atom is -0.480 e. The number of nitrogens with zero attached hydrogens (tertiary/aromatic N) is 2. The number of anilines is 1. The first-order chi connectivity index (χ1) is 18.2. The quantitative estimate of drug-likeness (QED) is 0.267. The van der Waals surface area contributed by atoms with Gasteiger partial charge in [-0.25, -0.2) is 9.78 Å². The summed E-state index contributed by atoms with van der Waals surface area (Å²) in [7, 11) is 0. The van der Waals surface area contributed by atoms with E-state index in [0.717, 1.165) is 22.3 Å². The summed E-state index contributed by atoms with van der Waals surface area (Å²) in [6, 6.07) is 20.9. The molecule has 0 aliphatic heterocycles. The molecule has 0 bridgehead atoms. The molecular weight excluding hydrogens is 519 g/mol. The van der Waals surface area contributed by atoms with Gasteiger partial charge in [-0.1, -0.05) is 90.5 Å². The fourth-order valence-corrected chi connectivity index (χ4v) is 4.48. The molecule has 4 aromatic rings. The first-order valence-corrected chi connectivity index (χ1v) is 12.1. The molecule has 0 amide bonds. The van der Waals surface area contributed by atoms with E-state index in [0.29, 0.717) is 12.0 Å². The van der Waals surface area contributed by atoms with Gasteiger partial charge in [-0.15, -0.1) is 0 Å². The fraction of sp³-hybridized carbons (Fsp3) is 0.179. The van der Waals surface area contributed by atoms with Crippen LogP contribution in [0.25, 0.3) is 11.3 Å². The Morgan fingerprint density at radius 1 is 0.947 bits per heavy atom. The number of hydrogen-bond acceptors (Lipinski definition) is 4. The summed E-state index contributed by atoms with van der Waals surface area (Å²) in [5.41, 5.74) is -1.25. The van der Waals surface area contributed by atoms with Gasteiger partial charge < -0.3 is 10.4 Å². The fourth-order valence-electron chi connectivity index (χ4n) is 4.20. The minimum absolute atomic E-state index is 0.166. The van der Waals surface area contributed by atoms with Gasteiger partial charge in [-0.3, -0.25) is 9.36 Å². The van der Waals surface area contributed by atoms with Crippen molar-refractivity contribution in [3.8, 4) is 11.3 Å². The van der Waals surface area contributed by atoms with E-state index in [2.05, 4.69) is 10.3 Å². The third-order valence-electron chi connectivity index (χ3n) is 5.97. The van der Waals surface area contributed by atoms with Crippen LogP contribution in [0.15, 0.2) is 89.7 Å². The smallest absolute Gasteiger partial charge is 0.417 e. The van der Waals surface area contributed by atoms with Gasteiger partial charge in [0.05, 0.1) is 11.3 Å². The van der Waals surface area contributed by atoms with Crippen LogP contribution < -0.4 is 10.9 Å². The standard InChI is InChI=1S/C28H23ClF3N3O3/c29-24-23(20-13-7-8-14-21(20)28(30,31)32)35(22(27(37)38)17-19-11-5-2-6-12-19)26(36)25(34-24)33-16-15-18-9-3-1-4-10-18/h1-14,22H,15-17H2,(H,33,34)(H,37,38). The molecule has 0 aliphatic carbocycles. The molecule has 1 aromatic heterocycles. The van der Waals surface area contributed by atoms with Crippen molar-refractivity contribution in [1.82, 2.24) is 9.55 Å². The Kier molecular flexibility index (Phi) is 8.16. The normalized spacial score (nSPS) is 12.2. The molecule has 0 spiro atoms. The summed E-state index contributed by atoms with van der Waals surface area (Å²) in [6.07, 6.45) is -4.43. The van der Waals surface area contributed by atoms with Crippen molar-refractivity contribution in [2.45, 2.75) is 25.1 Å².